The standard InChI is InChI=1S/C21H24FN3O4/c1-2-3-19(26)29-12-13-4-6-14(7-5-13)17(11-23)21(28)25-15-8-9-16(20(24)27)18(22)10-15/h4-10,17H,2-3,11-12,23H2,1H3,(H2,24,27)(H,25,28). The Morgan fingerprint density at radius 2 is 1.83 bits per heavy atom. The van der Waals surface area contributed by atoms with Crippen LogP contribution in [0.25, 0.3) is 0 Å². The van der Waals surface area contributed by atoms with Crippen molar-refractivity contribution in [2.75, 3.05) is 11.9 Å². The van der Waals surface area contributed by atoms with Crippen molar-refractivity contribution in [2.45, 2.75) is 32.3 Å². The molecule has 2 amide bonds. The van der Waals surface area contributed by atoms with Gasteiger partial charge in [0, 0.05) is 18.7 Å². The molecule has 1 atom stereocenters. The third-order valence-corrected chi connectivity index (χ3v) is 4.29. The van der Waals surface area contributed by atoms with E-state index in [2.05, 4.69) is 5.32 Å². The number of carbonyl (C=O) groups is 3. The lowest BCUT2D eigenvalue weighted by atomic mass is 9.97. The Morgan fingerprint density at radius 3 is 2.38 bits per heavy atom. The van der Waals surface area contributed by atoms with Crippen LogP contribution in [-0.4, -0.2) is 24.3 Å². The van der Waals surface area contributed by atoms with E-state index in [9.17, 15) is 18.8 Å². The molecule has 0 heterocycles. The molecule has 0 bridgehead atoms. The second-order valence-electron chi connectivity index (χ2n) is 6.49. The molecule has 0 saturated carbocycles. The zero-order valence-corrected chi connectivity index (χ0v) is 16.1. The van der Waals surface area contributed by atoms with Crippen molar-refractivity contribution in [3.05, 3.63) is 65.0 Å². The van der Waals surface area contributed by atoms with E-state index < -0.39 is 23.5 Å². The highest BCUT2D eigenvalue weighted by atomic mass is 19.1. The summed E-state index contributed by atoms with van der Waals surface area (Å²) in [7, 11) is 0. The van der Waals surface area contributed by atoms with Gasteiger partial charge in [0.25, 0.3) is 5.91 Å². The van der Waals surface area contributed by atoms with Gasteiger partial charge < -0.3 is 21.5 Å². The van der Waals surface area contributed by atoms with E-state index >= 15 is 0 Å². The first kappa shape index (κ1) is 22.0. The fourth-order valence-electron chi connectivity index (χ4n) is 2.70. The largest absolute Gasteiger partial charge is 0.461 e. The van der Waals surface area contributed by atoms with Gasteiger partial charge in [-0.15, -0.1) is 0 Å². The number of nitrogens with one attached hydrogen (secondary N) is 1. The number of rotatable bonds is 9. The fourth-order valence-corrected chi connectivity index (χ4v) is 2.70. The van der Waals surface area contributed by atoms with Crippen LogP contribution in [0.3, 0.4) is 0 Å². The number of hydrogen-bond donors (Lipinski definition) is 3. The first-order chi connectivity index (χ1) is 13.8. The number of anilines is 1. The number of halogens is 1. The summed E-state index contributed by atoms with van der Waals surface area (Å²) < 4.78 is 19.0. The highest BCUT2D eigenvalue weighted by Crippen LogP contribution is 2.20. The lowest BCUT2D eigenvalue weighted by Crippen LogP contribution is -2.27. The van der Waals surface area contributed by atoms with Crippen LogP contribution in [0.1, 0.15) is 47.2 Å². The quantitative estimate of drug-likeness (QED) is 0.557. The summed E-state index contributed by atoms with van der Waals surface area (Å²) in [5.74, 6) is -3.04. The molecular weight excluding hydrogens is 377 g/mol. The molecule has 8 heteroatoms. The number of amides is 2. The molecule has 0 spiro atoms. The summed E-state index contributed by atoms with van der Waals surface area (Å²) in [6.45, 7) is 2.09. The van der Waals surface area contributed by atoms with Crippen LogP contribution in [-0.2, 0) is 20.9 Å². The average molecular weight is 401 g/mol. The van der Waals surface area contributed by atoms with E-state index in [0.717, 1.165) is 18.1 Å². The fraction of sp³-hybridized carbons (Fsp3) is 0.286. The van der Waals surface area contributed by atoms with Gasteiger partial charge in [0.05, 0.1) is 11.5 Å². The summed E-state index contributed by atoms with van der Waals surface area (Å²) in [5.41, 5.74) is 12.2. The molecule has 7 nitrogen and oxygen atoms in total. The van der Waals surface area contributed by atoms with E-state index in [1.807, 2.05) is 6.92 Å². The van der Waals surface area contributed by atoms with Crippen LogP contribution in [0.2, 0.25) is 0 Å². The lowest BCUT2D eigenvalue weighted by Gasteiger charge is -2.16. The van der Waals surface area contributed by atoms with Crippen LogP contribution in [0.5, 0.6) is 0 Å². The zero-order valence-electron chi connectivity index (χ0n) is 16.1. The van der Waals surface area contributed by atoms with Gasteiger partial charge in [0.15, 0.2) is 0 Å². The number of benzene rings is 2. The molecule has 2 rings (SSSR count). The number of primary amides is 1. The minimum atomic E-state index is -0.888. The predicted octanol–water partition coefficient (Wildman–Crippen LogP) is 2.45. The molecule has 0 saturated heterocycles. The number of ether oxygens (including phenoxy) is 1. The molecular formula is C21H24FN3O4. The van der Waals surface area contributed by atoms with Crippen molar-refractivity contribution < 1.29 is 23.5 Å². The number of nitrogens with two attached hydrogens (primary N) is 2. The molecule has 2 aromatic carbocycles. The number of esters is 1. The molecule has 5 N–H and O–H groups in total. The van der Waals surface area contributed by atoms with Crippen molar-refractivity contribution >= 4 is 23.5 Å². The van der Waals surface area contributed by atoms with Gasteiger partial charge in [0.2, 0.25) is 5.91 Å². The highest BCUT2D eigenvalue weighted by molar-refractivity contribution is 5.97. The Kier molecular flexibility index (Phi) is 7.85. The lowest BCUT2D eigenvalue weighted by molar-refractivity contribution is -0.145. The molecule has 0 aromatic heterocycles. The summed E-state index contributed by atoms with van der Waals surface area (Å²) in [6.07, 6.45) is 1.09. The molecule has 0 aliphatic rings. The van der Waals surface area contributed by atoms with Gasteiger partial charge in [-0.2, -0.15) is 0 Å². The molecule has 0 radical (unpaired) electrons. The third-order valence-electron chi connectivity index (χ3n) is 4.29. The van der Waals surface area contributed by atoms with E-state index in [1.54, 1.807) is 24.3 Å². The molecule has 154 valence electrons. The SMILES string of the molecule is CCCC(=O)OCc1ccc(C(CN)C(=O)Nc2ccc(C(N)=O)c(F)c2)cc1. The maximum absolute atomic E-state index is 13.9. The summed E-state index contributed by atoms with van der Waals surface area (Å²) in [4.78, 5) is 35.1. The number of carbonyl (C=O) groups excluding carboxylic acids is 3. The summed E-state index contributed by atoms with van der Waals surface area (Å²) in [5, 5.41) is 2.59. The molecule has 1 unspecified atom stereocenters. The summed E-state index contributed by atoms with van der Waals surface area (Å²) in [6, 6.07) is 10.6. The van der Waals surface area contributed by atoms with Crippen LogP contribution >= 0.6 is 0 Å². The Bertz CT molecular complexity index is 884. The molecule has 0 aliphatic heterocycles. The maximum Gasteiger partial charge on any atom is 0.306 e. The molecule has 0 fully saturated rings. The van der Waals surface area contributed by atoms with E-state index in [-0.39, 0.29) is 30.4 Å². The third kappa shape index (κ3) is 6.11. The second kappa shape index (κ2) is 10.3. The van der Waals surface area contributed by atoms with Crippen molar-refractivity contribution in [3.8, 4) is 0 Å². The second-order valence-corrected chi connectivity index (χ2v) is 6.49. The van der Waals surface area contributed by atoms with Crippen LogP contribution < -0.4 is 16.8 Å². The van der Waals surface area contributed by atoms with E-state index in [1.165, 1.54) is 12.1 Å². The average Bonchev–Trinajstić information content (AvgIpc) is 2.68. The molecule has 29 heavy (non-hydrogen) atoms. The summed E-state index contributed by atoms with van der Waals surface area (Å²) >= 11 is 0. The Hall–Kier alpha value is -3.26. The van der Waals surface area contributed by atoms with Crippen LogP contribution in [0.15, 0.2) is 42.5 Å². The molecule has 0 aliphatic carbocycles. The normalized spacial score (nSPS) is 11.6. The number of hydrogen-bond acceptors (Lipinski definition) is 5. The Balaban J connectivity index is 2.04. The highest BCUT2D eigenvalue weighted by Gasteiger charge is 2.20. The monoisotopic (exact) mass is 401 g/mol. The van der Waals surface area contributed by atoms with E-state index in [0.29, 0.717) is 12.0 Å². The minimum Gasteiger partial charge on any atom is -0.461 e. The molecule has 2 aromatic rings. The van der Waals surface area contributed by atoms with Crippen LogP contribution in [0.4, 0.5) is 10.1 Å². The predicted molar refractivity (Wildman–Crippen MR) is 106 cm³/mol. The van der Waals surface area contributed by atoms with E-state index in [4.69, 9.17) is 16.2 Å². The van der Waals surface area contributed by atoms with Gasteiger partial charge in [-0.05, 0) is 35.7 Å². The van der Waals surface area contributed by atoms with Gasteiger partial charge in [-0.25, -0.2) is 4.39 Å². The Morgan fingerprint density at radius 1 is 1.14 bits per heavy atom. The van der Waals surface area contributed by atoms with Gasteiger partial charge in [-0.3, -0.25) is 14.4 Å². The zero-order chi connectivity index (χ0) is 21.4. The first-order valence-electron chi connectivity index (χ1n) is 9.20. The smallest absolute Gasteiger partial charge is 0.306 e. The minimum absolute atomic E-state index is 0.0402. The van der Waals surface area contributed by atoms with Crippen molar-refractivity contribution in [1.82, 2.24) is 0 Å². The topological polar surface area (TPSA) is 125 Å². The van der Waals surface area contributed by atoms with Crippen LogP contribution in [0, 0.1) is 5.82 Å². The van der Waals surface area contributed by atoms with Crippen molar-refractivity contribution in [1.29, 1.82) is 0 Å². The van der Waals surface area contributed by atoms with Gasteiger partial charge >= 0.3 is 5.97 Å². The first-order valence-corrected chi connectivity index (χ1v) is 9.20. The van der Waals surface area contributed by atoms with Gasteiger partial charge in [-0.1, -0.05) is 31.2 Å². The maximum atomic E-state index is 13.9. The van der Waals surface area contributed by atoms with Gasteiger partial charge in [0.1, 0.15) is 12.4 Å². The van der Waals surface area contributed by atoms with Crippen molar-refractivity contribution in [3.63, 3.8) is 0 Å². The van der Waals surface area contributed by atoms with Crippen molar-refractivity contribution in [2.24, 2.45) is 11.5 Å². The Labute approximate surface area is 168 Å².